The Labute approximate surface area is 191 Å². The van der Waals surface area contributed by atoms with Crippen LogP contribution in [-0.2, 0) is 4.74 Å². The molecule has 0 saturated carbocycles. The highest BCUT2D eigenvalue weighted by Crippen LogP contribution is 2.35. The third kappa shape index (κ3) is 4.63. The topological polar surface area (TPSA) is 105 Å². The molecule has 11 heteroatoms. The zero-order valence-electron chi connectivity index (χ0n) is 17.5. The minimum absolute atomic E-state index is 0.0734. The first-order valence-corrected chi connectivity index (χ1v) is 10.2. The van der Waals surface area contributed by atoms with E-state index in [4.69, 9.17) is 4.74 Å². The zero-order chi connectivity index (χ0) is 24.4. The molecule has 1 saturated heterocycles. The van der Waals surface area contributed by atoms with Gasteiger partial charge in [0.05, 0.1) is 29.7 Å². The maximum atomic E-state index is 14.3. The average Bonchev–Trinajstić information content (AvgIpc) is 2.82. The number of nitrogens with one attached hydrogen (secondary N) is 1. The third-order valence-corrected chi connectivity index (χ3v) is 5.45. The Bertz CT molecular complexity index is 1190. The Morgan fingerprint density at radius 1 is 1.09 bits per heavy atom. The van der Waals surface area contributed by atoms with Gasteiger partial charge in [-0.15, -0.1) is 0 Å². The van der Waals surface area contributed by atoms with Crippen molar-refractivity contribution in [1.29, 1.82) is 0 Å². The molecular weight excluding hydrogens is 458 g/mol. The Balaban J connectivity index is 1.63. The molecule has 3 N–H and O–H groups in total. The Morgan fingerprint density at radius 3 is 2.53 bits per heavy atom. The number of carbonyl (C=O) groups excluding carboxylic acids is 1. The molecule has 2 aromatic heterocycles. The van der Waals surface area contributed by atoms with Gasteiger partial charge in [0, 0.05) is 18.2 Å². The van der Waals surface area contributed by atoms with E-state index in [1.54, 1.807) is 0 Å². The molecule has 3 aromatic rings. The highest BCUT2D eigenvalue weighted by molar-refractivity contribution is 6.03. The van der Waals surface area contributed by atoms with E-state index < -0.39 is 65.7 Å². The van der Waals surface area contributed by atoms with Crippen LogP contribution in [0, 0.1) is 17.5 Å². The summed E-state index contributed by atoms with van der Waals surface area (Å²) in [4.78, 5) is 20.6. The molecule has 1 aromatic carbocycles. The maximum Gasteiger partial charge on any atom is 0.274 e. The van der Waals surface area contributed by atoms with Crippen molar-refractivity contribution in [3.63, 3.8) is 0 Å². The van der Waals surface area contributed by atoms with Crippen molar-refractivity contribution >= 4 is 11.6 Å². The molecule has 1 fully saturated rings. The van der Waals surface area contributed by atoms with Crippen LogP contribution in [0.4, 0.5) is 23.2 Å². The summed E-state index contributed by atoms with van der Waals surface area (Å²) < 4.78 is 61.4. The monoisotopic (exact) mass is 477 g/mol. The molecule has 178 valence electrons. The van der Waals surface area contributed by atoms with E-state index in [1.807, 2.05) is 0 Å². The number of aliphatic hydroxyl groups excluding tert-OH is 2. The zero-order valence-corrected chi connectivity index (χ0v) is 17.5. The van der Waals surface area contributed by atoms with E-state index >= 15 is 0 Å². The van der Waals surface area contributed by atoms with Gasteiger partial charge in [0.15, 0.2) is 0 Å². The number of aliphatic hydroxyl groups is 2. The van der Waals surface area contributed by atoms with E-state index in [1.165, 1.54) is 18.5 Å². The van der Waals surface area contributed by atoms with Gasteiger partial charge in [-0.2, -0.15) is 0 Å². The minimum atomic E-state index is -1.40. The second-order valence-corrected chi connectivity index (χ2v) is 7.65. The maximum absolute atomic E-state index is 14.3. The largest absolute Gasteiger partial charge is 0.390 e. The van der Waals surface area contributed by atoms with Crippen molar-refractivity contribution in [1.82, 2.24) is 9.97 Å². The number of alkyl halides is 1. The number of hydrogen-bond acceptors (Lipinski definition) is 6. The number of hydrogen-bond donors (Lipinski definition) is 3. The van der Waals surface area contributed by atoms with Gasteiger partial charge in [-0.05, 0) is 30.3 Å². The molecule has 4 unspecified atom stereocenters. The van der Waals surface area contributed by atoms with Crippen molar-refractivity contribution < 1.29 is 37.3 Å². The van der Waals surface area contributed by atoms with Crippen LogP contribution in [0.25, 0.3) is 11.3 Å². The van der Waals surface area contributed by atoms with Crippen LogP contribution in [0.1, 0.15) is 28.6 Å². The second kappa shape index (κ2) is 9.84. The summed E-state index contributed by atoms with van der Waals surface area (Å²) in [7, 11) is 0. The van der Waals surface area contributed by atoms with E-state index in [0.29, 0.717) is 5.56 Å². The Hall–Kier alpha value is -3.41. The molecule has 34 heavy (non-hydrogen) atoms. The van der Waals surface area contributed by atoms with Crippen LogP contribution < -0.4 is 5.32 Å². The molecule has 3 heterocycles. The minimum Gasteiger partial charge on any atom is -0.390 e. The highest BCUT2D eigenvalue weighted by Gasteiger charge is 2.38. The normalized spacial score (nSPS) is 22.4. The molecule has 1 amide bonds. The SMILES string of the molecule is O=C(Nc1cnccc1C1CC(O)C(O)C(CF)O1)c1ccc(F)c(-c2c(F)cccc2F)n1. The van der Waals surface area contributed by atoms with Gasteiger partial charge in [0.25, 0.3) is 5.91 Å². The summed E-state index contributed by atoms with van der Waals surface area (Å²) in [6.45, 7) is -1.03. The summed E-state index contributed by atoms with van der Waals surface area (Å²) in [6, 6.07) is 6.38. The molecule has 4 atom stereocenters. The van der Waals surface area contributed by atoms with Crippen molar-refractivity contribution in [3.05, 3.63) is 77.5 Å². The van der Waals surface area contributed by atoms with E-state index in [-0.39, 0.29) is 17.8 Å². The van der Waals surface area contributed by atoms with Crippen molar-refractivity contribution in [2.75, 3.05) is 12.0 Å². The number of aromatic nitrogens is 2. The Kier molecular flexibility index (Phi) is 6.87. The number of amides is 1. The summed E-state index contributed by atoms with van der Waals surface area (Å²) in [5.41, 5.74) is -1.25. The number of halogens is 4. The number of rotatable bonds is 5. The van der Waals surface area contributed by atoms with Gasteiger partial charge >= 0.3 is 0 Å². The highest BCUT2D eigenvalue weighted by atomic mass is 19.1. The van der Waals surface area contributed by atoms with Gasteiger partial charge in [-0.3, -0.25) is 9.78 Å². The van der Waals surface area contributed by atoms with Gasteiger partial charge in [-0.25, -0.2) is 22.5 Å². The first-order valence-electron chi connectivity index (χ1n) is 10.2. The molecule has 0 spiro atoms. The van der Waals surface area contributed by atoms with E-state index in [2.05, 4.69) is 15.3 Å². The second-order valence-electron chi connectivity index (χ2n) is 7.65. The molecule has 4 rings (SSSR count). The van der Waals surface area contributed by atoms with Crippen LogP contribution in [0.3, 0.4) is 0 Å². The summed E-state index contributed by atoms with van der Waals surface area (Å²) in [5.74, 6) is -3.96. The lowest BCUT2D eigenvalue weighted by Crippen LogP contribution is -2.46. The summed E-state index contributed by atoms with van der Waals surface area (Å²) in [6.07, 6.45) is -2.19. The lowest BCUT2D eigenvalue weighted by molar-refractivity contribution is -0.174. The number of ether oxygens (including phenoxy) is 1. The third-order valence-electron chi connectivity index (χ3n) is 5.45. The molecule has 0 radical (unpaired) electrons. The number of pyridine rings is 2. The fourth-order valence-corrected chi connectivity index (χ4v) is 3.73. The van der Waals surface area contributed by atoms with Crippen molar-refractivity contribution in [3.8, 4) is 11.3 Å². The molecule has 7 nitrogen and oxygen atoms in total. The quantitative estimate of drug-likeness (QED) is 0.487. The lowest BCUT2D eigenvalue weighted by atomic mass is 9.94. The van der Waals surface area contributed by atoms with Gasteiger partial charge in [0.2, 0.25) is 0 Å². The summed E-state index contributed by atoms with van der Waals surface area (Å²) in [5, 5.41) is 22.4. The van der Waals surface area contributed by atoms with Crippen LogP contribution in [0.15, 0.2) is 48.8 Å². The van der Waals surface area contributed by atoms with E-state index in [9.17, 15) is 32.6 Å². The van der Waals surface area contributed by atoms with Crippen LogP contribution in [0.2, 0.25) is 0 Å². The first kappa shape index (κ1) is 23.7. The van der Waals surface area contributed by atoms with Gasteiger partial charge in [0.1, 0.15) is 47.7 Å². The fourth-order valence-electron chi connectivity index (χ4n) is 3.73. The molecule has 1 aliphatic heterocycles. The molecule has 0 aliphatic carbocycles. The first-order chi connectivity index (χ1) is 16.3. The predicted octanol–water partition coefficient (Wildman–Crippen LogP) is 3.33. The molecular formula is C23H19F4N3O4. The van der Waals surface area contributed by atoms with Crippen LogP contribution in [0.5, 0.6) is 0 Å². The number of anilines is 1. The standard InChI is InChI=1S/C23H19F4N3O4/c24-9-19-22(32)17(31)8-18(34-19)11-6-7-28-10-16(11)30-23(33)15-5-4-14(27)21(29-15)20-12(25)2-1-3-13(20)26/h1-7,10,17-19,22,31-32H,8-9H2,(H,30,33). The van der Waals surface area contributed by atoms with Crippen molar-refractivity contribution in [2.45, 2.75) is 30.8 Å². The number of benzene rings is 1. The fraction of sp³-hybridized carbons (Fsp3) is 0.261. The number of carbonyl (C=O) groups is 1. The van der Waals surface area contributed by atoms with Crippen LogP contribution in [-0.4, -0.2) is 51.1 Å². The molecule has 1 aliphatic rings. The predicted molar refractivity (Wildman–Crippen MR) is 112 cm³/mol. The summed E-state index contributed by atoms with van der Waals surface area (Å²) >= 11 is 0. The van der Waals surface area contributed by atoms with Crippen molar-refractivity contribution in [2.24, 2.45) is 0 Å². The molecule has 0 bridgehead atoms. The van der Waals surface area contributed by atoms with Gasteiger partial charge in [-0.1, -0.05) is 6.07 Å². The lowest BCUT2D eigenvalue weighted by Gasteiger charge is -2.36. The van der Waals surface area contributed by atoms with E-state index in [0.717, 1.165) is 30.3 Å². The van der Waals surface area contributed by atoms with Gasteiger partial charge < -0.3 is 20.3 Å². The number of nitrogens with zero attached hydrogens (tertiary/aromatic N) is 2. The smallest absolute Gasteiger partial charge is 0.274 e. The Morgan fingerprint density at radius 2 is 1.82 bits per heavy atom. The average molecular weight is 477 g/mol. The van der Waals surface area contributed by atoms with Crippen LogP contribution >= 0.6 is 0 Å².